The van der Waals surface area contributed by atoms with E-state index < -0.39 is 0 Å². The number of halogens is 1. The van der Waals surface area contributed by atoms with Crippen LogP contribution in [0.15, 0.2) is 72.8 Å². The first kappa shape index (κ1) is 19.9. The normalized spacial score (nSPS) is 10.5. The van der Waals surface area contributed by atoms with E-state index in [1.165, 1.54) is 0 Å². The Morgan fingerprint density at radius 2 is 1.77 bits per heavy atom. The molecule has 150 valence electrons. The van der Waals surface area contributed by atoms with Crippen molar-refractivity contribution in [3.05, 3.63) is 82.7 Å². The summed E-state index contributed by atoms with van der Waals surface area (Å²) in [6.07, 6.45) is 0. The average Bonchev–Trinajstić information content (AvgIpc) is 3.26. The molecule has 8 heteroatoms. The Bertz CT molecular complexity index is 1160. The van der Waals surface area contributed by atoms with Crippen LogP contribution in [0.4, 0.5) is 5.69 Å². The number of anilines is 1. The van der Waals surface area contributed by atoms with Gasteiger partial charge in [0.25, 0.3) is 5.91 Å². The van der Waals surface area contributed by atoms with E-state index in [1.807, 2.05) is 42.5 Å². The molecule has 4 aromatic rings. The highest BCUT2D eigenvalue weighted by Gasteiger charge is 2.20. The molecule has 1 heterocycles. The maximum Gasteiger partial charge on any atom is 0.269 e. The predicted octanol–water partition coefficient (Wildman–Crippen LogP) is 5.91. The first-order valence-corrected chi connectivity index (χ1v) is 10.1. The second-order valence-corrected chi connectivity index (χ2v) is 7.38. The Morgan fingerprint density at radius 3 is 2.50 bits per heavy atom. The van der Waals surface area contributed by atoms with Crippen LogP contribution in [0, 0.1) is 0 Å². The van der Waals surface area contributed by atoms with Crippen LogP contribution in [0.3, 0.4) is 0 Å². The van der Waals surface area contributed by atoms with Crippen LogP contribution >= 0.6 is 23.1 Å². The Hall–Kier alpha value is -3.42. The lowest BCUT2D eigenvalue weighted by Gasteiger charge is -2.12. The predicted molar refractivity (Wildman–Crippen MR) is 118 cm³/mol. The van der Waals surface area contributed by atoms with Gasteiger partial charge in [-0.3, -0.25) is 4.79 Å². The molecule has 0 fully saturated rings. The number of nitrogens with zero attached hydrogens (tertiary/aromatic N) is 2. The largest absolute Gasteiger partial charge is 0.497 e. The zero-order chi connectivity index (χ0) is 20.9. The van der Waals surface area contributed by atoms with E-state index in [9.17, 15) is 4.79 Å². The van der Waals surface area contributed by atoms with Gasteiger partial charge in [-0.15, -0.1) is 5.10 Å². The van der Waals surface area contributed by atoms with Crippen LogP contribution in [-0.2, 0) is 0 Å². The highest BCUT2D eigenvalue weighted by atomic mass is 35.5. The maximum absolute atomic E-state index is 13.0. The lowest BCUT2D eigenvalue weighted by atomic mass is 10.1. The maximum atomic E-state index is 13.0. The smallest absolute Gasteiger partial charge is 0.269 e. The van der Waals surface area contributed by atoms with E-state index in [-0.39, 0.29) is 5.91 Å². The van der Waals surface area contributed by atoms with Gasteiger partial charge in [-0.05, 0) is 66.1 Å². The van der Waals surface area contributed by atoms with Crippen molar-refractivity contribution >= 4 is 34.7 Å². The van der Waals surface area contributed by atoms with Gasteiger partial charge in [0.15, 0.2) is 5.75 Å². The van der Waals surface area contributed by atoms with Crippen LogP contribution in [0.5, 0.6) is 17.2 Å². The molecule has 3 aromatic carbocycles. The molecule has 0 saturated heterocycles. The Morgan fingerprint density at radius 1 is 1.00 bits per heavy atom. The van der Waals surface area contributed by atoms with Gasteiger partial charge >= 0.3 is 0 Å². The van der Waals surface area contributed by atoms with Gasteiger partial charge in [0.05, 0.1) is 12.8 Å². The quantitative estimate of drug-likeness (QED) is 0.405. The molecule has 0 spiro atoms. The fraction of sp³-hybridized carbons (Fsp3) is 0.0455. The van der Waals surface area contributed by atoms with E-state index in [4.69, 9.17) is 21.1 Å². The molecule has 0 aliphatic rings. The summed E-state index contributed by atoms with van der Waals surface area (Å²) in [4.78, 5) is 13.4. The fourth-order valence-electron chi connectivity index (χ4n) is 2.76. The SMILES string of the molecule is COc1ccc(-c2nnsc2C(=O)Nc2cc(Cl)ccc2Oc2ccccc2)cc1. The Labute approximate surface area is 182 Å². The van der Waals surface area contributed by atoms with E-state index in [0.717, 1.165) is 22.8 Å². The molecule has 0 saturated carbocycles. The number of benzene rings is 3. The van der Waals surface area contributed by atoms with Gasteiger partial charge in [-0.1, -0.05) is 34.3 Å². The van der Waals surface area contributed by atoms with Crippen molar-refractivity contribution in [2.45, 2.75) is 0 Å². The third-order valence-corrected chi connectivity index (χ3v) is 5.18. The molecule has 1 aromatic heterocycles. The van der Waals surface area contributed by atoms with Crippen molar-refractivity contribution in [2.24, 2.45) is 0 Å². The molecule has 4 rings (SSSR count). The molecular weight excluding hydrogens is 422 g/mol. The van der Waals surface area contributed by atoms with Crippen molar-refractivity contribution in [2.75, 3.05) is 12.4 Å². The monoisotopic (exact) mass is 437 g/mol. The summed E-state index contributed by atoms with van der Waals surface area (Å²) < 4.78 is 15.0. The first-order valence-electron chi connectivity index (χ1n) is 8.94. The van der Waals surface area contributed by atoms with Crippen molar-refractivity contribution in [1.82, 2.24) is 9.59 Å². The van der Waals surface area contributed by atoms with E-state index in [2.05, 4.69) is 14.9 Å². The molecule has 0 unspecified atom stereocenters. The summed E-state index contributed by atoms with van der Waals surface area (Å²) in [7, 11) is 1.60. The molecule has 0 bridgehead atoms. The van der Waals surface area contributed by atoms with Gasteiger partial charge in [-0.2, -0.15) is 0 Å². The minimum atomic E-state index is -0.351. The van der Waals surface area contributed by atoms with Crippen LogP contribution in [0.1, 0.15) is 9.67 Å². The van der Waals surface area contributed by atoms with Gasteiger partial charge in [-0.25, -0.2) is 0 Å². The summed E-state index contributed by atoms with van der Waals surface area (Å²) in [5.74, 6) is 1.49. The molecule has 1 N–H and O–H groups in total. The number of carbonyl (C=O) groups excluding carboxylic acids is 1. The standard InChI is InChI=1S/C22H16ClN3O3S/c1-28-16-10-7-14(8-11-16)20-21(30-26-25-20)22(27)24-18-13-15(23)9-12-19(18)29-17-5-3-2-4-6-17/h2-13H,1H3,(H,24,27). The number of amides is 1. The van der Waals surface area contributed by atoms with E-state index >= 15 is 0 Å². The summed E-state index contributed by atoms with van der Waals surface area (Å²) in [6.45, 7) is 0. The second-order valence-electron chi connectivity index (χ2n) is 6.19. The van der Waals surface area contributed by atoms with Crippen molar-refractivity contribution < 1.29 is 14.3 Å². The zero-order valence-corrected chi connectivity index (χ0v) is 17.4. The molecule has 0 aliphatic heterocycles. The third kappa shape index (κ3) is 4.42. The number of methoxy groups -OCH3 is 1. The second kappa shape index (κ2) is 8.94. The number of ether oxygens (including phenoxy) is 2. The highest BCUT2D eigenvalue weighted by molar-refractivity contribution is 7.08. The Kier molecular flexibility index (Phi) is 5.92. The van der Waals surface area contributed by atoms with Crippen molar-refractivity contribution in [3.8, 4) is 28.5 Å². The molecular formula is C22H16ClN3O3S. The highest BCUT2D eigenvalue weighted by Crippen LogP contribution is 2.33. The summed E-state index contributed by atoms with van der Waals surface area (Å²) >= 11 is 7.16. The topological polar surface area (TPSA) is 73.3 Å². The van der Waals surface area contributed by atoms with Gasteiger partial charge in [0, 0.05) is 10.6 Å². The molecule has 1 amide bonds. The molecule has 0 aliphatic carbocycles. The number of hydrogen-bond donors (Lipinski definition) is 1. The molecule has 0 atom stereocenters. The molecule has 30 heavy (non-hydrogen) atoms. The van der Waals surface area contributed by atoms with Gasteiger partial charge in [0.2, 0.25) is 0 Å². The number of rotatable bonds is 6. The summed E-state index contributed by atoms with van der Waals surface area (Å²) in [5.41, 5.74) is 1.71. The number of nitrogens with one attached hydrogen (secondary N) is 1. The number of para-hydroxylation sites is 1. The number of hydrogen-bond acceptors (Lipinski definition) is 6. The van der Waals surface area contributed by atoms with Crippen molar-refractivity contribution in [3.63, 3.8) is 0 Å². The van der Waals surface area contributed by atoms with Crippen LogP contribution in [0.2, 0.25) is 5.02 Å². The zero-order valence-electron chi connectivity index (χ0n) is 15.8. The number of aromatic nitrogens is 2. The van der Waals surface area contributed by atoms with Gasteiger partial charge in [0.1, 0.15) is 22.1 Å². The van der Waals surface area contributed by atoms with Gasteiger partial charge < -0.3 is 14.8 Å². The fourth-order valence-corrected chi connectivity index (χ4v) is 3.52. The summed E-state index contributed by atoms with van der Waals surface area (Å²) in [6, 6.07) is 21.6. The van der Waals surface area contributed by atoms with E-state index in [1.54, 1.807) is 37.4 Å². The van der Waals surface area contributed by atoms with Crippen LogP contribution in [0.25, 0.3) is 11.3 Å². The minimum Gasteiger partial charge on any atom is -0.497 e. The lowest BCUT2D eigenvalue weighted by Crippen LogP contribution is -2.12. The first-order chi connectivity index (χ1) is 14.6. The number of carbonyl (C=O) groups is 1. The third-order valence-electron chi connectivity index (χ3n) is 4.22. The van der Waals surface area contributed by atoms with Crippen molar-refractivity contribution in [1.29, 1.82) is 0 Å². The van der Waals surface area contributed by atoms with Crippen LogP contribution < -0.4 is 14.8 Å². The lowest BCUT2D eigenvalue weighted by molar-refractivity contribution is 0.103. The minimum absolute atomic E-state index is 0.351. The van der Waals surface area contributed by atoms with Crippen LogP contribution in [-0.4, -0.2) is 22.6 Å². The molecule has 0 radical (unpaired) electrons. The molecule has 6 nitrogen and oxygen atoms in total. The Balaban J connectivity index is 1.60. The van der Waals surface area contributed by atoms with E-state index in [0.29, 0.717) is 32.8 Å². The summed E-state index contributed by atoms with van der Waals surface area (Å²) in [5, 5.41) is 7.46. The average molecular weight is 438 g/mol.